The van der Waals surface area contributed by atoms with Gasteiger partial charge >= 0.3 is 0 Å². The van der Waals surface area contributed by atoms with Crippen LogP contribution in [0.2, 0.25) is 0 Å². The first kappa shape index (κ1) is 12.2. The third-order valence-corrected chi connectivity index (χ3v) is 3.61. The zero-order chi connectivity index (χ0) is 13.2. The number of hydrogen-bond acceptors (Lipinski definition) is 3. The highest BCUT2D eigenvalue weighted by atomic mass is 16.5. The number of amides is 1. The van der Waals surface area contributed by atoms with Gasteiger partial charge in [-0.25, -0.2) is 0 Å². The Morgan fingerprint density at radius 3 is 3.16 bits per heavy atom. The number of carbonyl (C=O) groups is 1. The maximum absolute atomic E-state index is 11.9. The Bertz CT molecular complexity index is 524. The van der Waals surface area contributed by atoms with Gasteiger partial charge in [0.1, 0.15) is 5.75 Å². The topological polar surface area (TPSA) is 49.8 Å². The van der Waals surface area contributed by atoms with E-state index >= 15 is 0 Å². The number of fused-ring (bicyclic) bond motifs is 1. The van der Waals surface area contributed by atoms with Crippen LogP contribution in [-0.4, -0.2) is 41.7 Å². The Morgan fingerprint density at radius 2 is 2.37 bits per heavy atom. The van der Waals surface area contributed by atoms with Crippen molar-refractivity contribution in [1.29, 1.82) is 0 Å². The molecule has 2 heterocycles. The molecule has 19 heavy (non-hydrogen) atoms. The van der Waals surface area contributed by atoms with E-state index in [0.717, 1.165) is 24.3 Å². The first-order chi connectivity index (χ1) is 9.22. The summed E-state index contributed by atoms with van der Waals surface area (Å²) in [6, 6.07) is 5.96. The van der Waals surface area contributed by atoms with E-state index in [4.69, 9.17) is 4.74 Å². The average molecular weight is 259 g/mol. The van der Waals surface area contributed by atoms with E-state index in [2.05, 4.69) is 6.07 Å². The van der Waals surface area contributed by atoms with Crippen molar-refractivity contribution < 1.29 is 14.6 Å². The first-order valence-corrected chi connectivity index (χ1v) is 6.63. The van der Waals surface area contributed by atoms with Gasteiger partial charge in [-0.2, -0.15) is 0 Å². The van der Waals surface area contributed by atoms with E-state index in [1.54, 1.807) is 11.0 Å². The smallest absolute Gasteiger partial charge is 0.246 e. The van der Waals surface area contributed by atoms with E-state index in [1.807, 2.05) is 18.2 Å². The SMILES string of the molecule is O=C(C=Cc1ccc2c(c1)CCO2)N1CCC(O)C1. The van der Waals surface area contributed by atoms with Gasteiger partial charge in [0, 0.05) is 25.6 Å². The van der Waals surface area contributed by atoms with Gasteiger partial charge in [-0.15, -0.1) is 0 Å². The minimum atomic E-state index is -0.366. The molecule has 4 heteroatoms. The van der Waals surface area contributed by atoms with Crippen molar-refractivity contribution >= 4 is 12.0 Å². The number of nitrogens with zero attached hydrogens (tertiary/aromatic N) is 1. The lowest BCUT2D eigenvalue weighted by Gasteiger charge is -2.12. The third kappa shape index (κ3) is 2.63. The van der Waals surface area contributed by atoms with Gasteiger partial charge in [0.2, 0.25) is 5.91 Å². The summed E-state index contributed by atoms with van der Waals surface area (Å²) >= 11 is 0. The molecule has 0 radical (unpaired) electrons. The molecule has 2 aliphatic heterocycles. The first-order valence-electron chi connectivity index (χ1n) is 6.63. The molecule has 1 N–H and O–H groups in total. The number of β-amino-alcohol motifs (C(OH)–C–C–N with tert-alkyl or cyclic N) is 1. The van der Waals surface area contributed by atoms with Crippen LogP contribution in [-0.2, 0) is 11.2 Å². The largest absolute Gasteiger partial charge is 0.493 e. The molecule has 0 aliphatic carbocycles. The molecule has 3 rings (SSSR count). The third-order valence-electron chi connectivity index (χ3n) is 3.61. The van der Waals surface area contributed by atoms with Crippen molar-refractivity contribution in [3.05, 3.63) is 35.4 Å². The Labute approximate surface area is 112 Å². The molecule has 1 aromatic rings. The van der Waals surface area contributed by atoms with E-state index in [0.29, 0.717) is 19.5 Å². The molecule has 1 saturated heterocycles. The van der Waals surface area contributed by atoms with Crippen molar-refractivity contribution in [2.45, 2.75) is 18.9 Å². The maximum atomic E-state index is 11.9. The summed E-state index contributed by atoms with van der Waals surface area (Å²) in [6.45, 7) is 1.83. The predicted molar refractivity (Wildman–Crippen MR) is 71.9 cm³/mol. The number of aliphatic hydroxyl groups is 1. The summed E-state index contributed by atoms with van der Waals surface area (Å²) < 4.78 is 5.45. The predicted octanol–water partition coefficient (Wildman–Crippen LogP) is 1.23. The fourth-order valence-corrected chi connectivity index (χ4v) is 2.53. The number of benzene rings is 1. The lowest BCUT2D eigenvalue weighted by Crippen LogP contribution is -2.27. The van der Waals surface area contributed by atoms with Crippen molar-refractivity contribution in [2.24, 2.45) is 0 Å². The van der Waals surface area contributed by atoms with Gasteiger partial charge in [0.25, 0.3) is 0 Å². The summed E-state index contributed by atoms with van der Waals surface area (Å²) in [7, 11) is 0. The van der Waals surface area contributed by atoms with Gasteiger partial charge < -0.3 is 14.7 Å². The number of carbonyl (C=O) groups excluding carboxylic acids is 1. The Morgan fingerprint density at radius 1 is 1.47 bits per heavy atom. The number of rotatable bonds is 2. The zero-order valence-electron chi connectivity index (χ0n) is 10.7. The molecule has 1 fully saturated rings. The van der Waals surface area contributed by atoms with Gasteiger partial charge in [-0.05, 0) is 35.8 Å². The minimum absolute atomic E-state index is 0.0340. The normalized spacial score (nSPS) is 21.7. The maximum Gasteiger partial charge on any atom is 0.246 e. The van der Waals surface area contributed by atoms with Crippen LogP contribution in [0.15, 0.2) is 24.3 Å². The summed E-state index contributed by atoms with van der Waals surface area (Å²) in [5.74, 6) is 0.916. The highest BCUT2D eigenvalue weighted by molar-refractivity contribution is 5.92. The standard InChI is InChI=1S/C15H17NO3/c17-13-5-7-16(10-13)15(18)4-2-11-1-3-14-12(9-11)6-8-19-14/h1-4,9,13,17H,5-8,10H2. The van der Waals surface area contributed by atoms with E-state index < -0.39 is 0 Å². The number of hydrogen-bond donors (Lipinski definition) is 1. The lowest BCUT2D eigenvalue weighted by atomic mass is 10.1. The molecular formula is C15H17NO3. The van der Waals surface area contributed by atoms with Crippen molar-refractivity contribution in [3.8, 4) is 5.75 Å². The zero-order valence-corrected chi connectivity index (χ0v) is 10.7. The molecule has 1 amide bonds. The van der Waals surface area contributed by atoms with Crippen LogP contribution < -0.4 is 4.74 Å². The van der Waals surface area contributed by atoms with Crippen LogP contribution in [0.3, 0.4) is 0 Å². The summed E-state index contributed by atoms with van der Waals surface area (Å²) in [6.07, 6.45) is 4.65. The molecule has 0 aromatic heterocycles. The molecule has 0 spiro atoms. The van der Waals surface area contributed by atoms with Gasteiger partial charge in [0.05, 0.1) is 12.7 Å². The molecular weight excluding hydrogens is 242 g/mol. The van der Waals surface area contributed by atoms with Crippen LogP contribution in [0.25, 0.3) is 6.08 Å². The Balaban J connectivity index is 1.67. The average Bonchev–Trinajstić information content (AvgIpc) is 3.03. The summed E-state index contributed by atoms with van der Waals surface area (Å²) in [5, 5.41) is 9.41. The van der Waals surface area contributed by atoms with Gasteiger partial charge in [-0.3, -0.25) is 4.79 Å². The Hall–Kier alpha value is -1.81. The molecule has 4 nitrogen and oxygen atoms in total. The van der Waals surface area contributed by atoms with E-state index in [1.165, 1.54) is 5.56 Å². The van der Waals surface area contributed by atoms with Crippen molar-refractivity contribution in [1.82, 2.24) is 4.90 Å². The van der Waals surface area contributed by atoms with Crippen LogP contribution in [0.4, 0.5) is 0 Å². The minimum Gasteiger partial charge on any atom is -0.493 e. The molecule has 100 valence electrons. The molecule has 1 unspecified atom stereocenters. The second-order valence-electron chi connectivity index (χ2n) is 5.03. The molecule has 1 aromatic carbocycles. The highest BCUT2D eigenvalue weighted by Gasteiger charge is 2.22. The van der Waals surface area contributed by atoms with Crippen molar-refractivity contribution in [3.63, 3.8) is 0 Å². The second kappa shape index (κ2) is 5.05. The molecule has 2 aliphatic rings. The highest BCUT2D eigenvalue weighted by Crippen LogP contribution is 2.26. The van der Waals surface area contributed by atoms with E-state index in [-0.39, 0.29) is 12.0 Å². The fourth-order valence-electron chi connectivity index (χ4n) is 2.53. The summed E-state index contributed by atoms with van der Waals surface area (Å²) in [4.78, 5) is 13.6. The van der Waals surface area contributed by atoms with E-state index in [9.17, 15) is 9.90 Å². The number of likely N-dealkylation sites (tertiary alicyclic amines) is 1. The monoisotopic (exact) mass is 259 g/mol. The Kier molecular flexibility index (Phi) is 3.25. The molecule has 0 bridgehead atoms. The fraction of sp³-hybridized carbons (Fsp3) is 0.400. The van der Waals surface area contributed by atoms with Gasteiger partial charge in [-0.1, -0.05) is 6.07 Å². The van der Waals surface area contributed by atoms with Crippen LogP contribution in [0.5, 0.6) is 5.75 Å². The van der Waals surface area contributed by atoms with Crippen LogP contribution >= 0.6 is 0 Å². The van der Waals surface area contributed by atoms with Crippen molar-refractivity contribution in [2.75, 3.05) is 19.7 Å². The number of aliphatic hydroxyl groups excluding tert-OH is 1. The number of ether oxygens (including phenoxy) is 1. The molecule has 0 saturated carbocycles. The van der Waals surface area contributed by atoms with Crippen LogP contribution in [0, 0.1) is 0 Å². The van der Waals surface area contributed by atoms with Gasteiger partial charge in [0.15, 0.2) is 0 Å². The second-order valence-corrected chi connectivity index (χ2v) is 5.03. The summed E-state index contributed by atoms with van der Waals surface area (Å²) in [5.41, 5.74) is 2.21. The molecule has 1 atom stereocenters. The lowest BCUT2D eigenvalue weighted by molar-refractivity contribution is -0.125. The quantitative estimate of drug-likeness (QED) is 0.813. The van der Waals surface area contributed by atoms with Crippen LogP contribution in [0.1, 0.15) is 17.5 Å².